The van der Waals surface area contributed by atoms with E-state index in [-0.39, 0.29) is 5.91 Å². The third-order valence-corrected chi connectivity index (χ3v) is 4.58. The van der Waals surface area contributed by atoms with E-state index in [0.29, 0.717) is 18.5 Å². The van der Waals surface area contributed by atoms with E-state index in [4.69, 9.17) is 4.74 Å². The van der Waals surface area contributed by atoms with Crippen LogP contribution in [0.4, 0.5) is 0 Å². The molecule has 0 bridgehead atoms. The quantitative estimate of drug-likeness (QED) is 0.764. The standard InChI is InChI=1S/C14H23N5O2/c1-11-7-13(18-3-5-21-6-4-18)10-19(11)14(20)8-12-9-15-16-17(12)2/h9,11,13H,3-8,10H2,1-2H3. The molecule has 2 saturated heterocycles. The van der Waals surface area contributed by atoms with Crippen LogP contribution in [0.15, 0.2) is 6.20 Å². The number of aryl methyl sites for hydroxylation is 1. The molecule has 0 radical (unpaired) electrons. The van der Waals surface area contributed by atoms with Crippen molar-refractivity contribution < 1.29 is 9.53 Å². The Labute approximate surface area is 124 Å². The summed E-state index contributed by atoms with van der Waals surface area (Å²) >= 11 is 0. The first-order chi connectivity index (χ1) is 10.1. The van der Waals surface area contributed by atoms with Crippen LogP contribution in [-0.2, 0) is 23.0 Å². The lowest BCUT2D eigenvalue weighted by atomic mass is 10.1. The molecule has 0 N–H and O–H groups in total. The number of likely N-dealkylation sites (tertiary alicyclic amines) is 1. The van der Waals surface area contributed by atoms with Gasteiger partial charge in [0.2, 0.25) is 5.91 Å². The van der Waals surface area contributed by atoms with Crippen LogP contribution in [0, 0.1) is 0 Å². The molecule has 0 aliphatic carbocycles. The SMILES string of the molecule is CC1CC(N2CCOCC2)CN1C(=O)Cc1cnnn1C. The summed E-state index contributed by atoms with van der Waals surface area (Å²) in [6, 6.07) is 0.768. The highest BCUT2D eigenvalue weighted by molar-refractivity contribution is 5.79. The van der Waals surface area contributed by atoms with Crippen molar-refractivity contribution in [2.75, 3.05) is 32.8 Å². The predicted molar refractivity (Wildman–Crippen MR) is 76.7 cm³/mol. The second-order valence-electron chi connectivity index (χ2n) is 5.96. The van der Waals surface area contributed by atoms with E-state index >= 15 is 0 Å². The van der Waals surface area contributed by atoms with Crippen molar-refractivity contribution in [1.29, 1.82) is 0 Å². The Morgan fingerprint density at radius 1 is 1.43 bits per heavy atom. The van der Waals surface area contributed by atoms with Crippen molar-refractivity contribution >= 4 is 5.91 Å². The number of hydrogen-bond donors (Lipinski definition) is 0. The largest absolute Gasteiger partial charge is 0.379 e. The maximum Gasteiger partial charge on any atom is 0.228 e. The molecule has 2 aliphatic heterocycles. The van der Waals surface area contributed by atoms with Crippen LogP contribution in [0.1, 0.15) is 19.0 Å². The molecule has 2 atom stereocenters. The van der Waals surface area contributed by atoms with Gasteiger partial charge in [-0.15, -0.1) is 5.10 Å². The summed E-state index contributed by atoms with van der Waals surface area (Å²) in [7, 11) is 1.82. The van der Waals surface area contributed by atoms with Crippen molar-refractivity contribution in [2.45, 2.75) is 31.8 Å². The lowest BCUT2D eigenvalue weighted by Gasteiger charge is -2.32. The number of rotatable bonds is 3. The number of ether oxygens (including phenoxy) is 1. The van der Waals surface area contributed by atoms with Gasteiger partial charge in [-0.3, -0.25) is 14.4 Å². The first kappa shape index (κ1) is 14.5. The molecule has 1 aromatic heterocycles. The van der Waals surface area contributed by atoms with E-state index < -0.39 is 0 Å². The van der Waals surface area contributed by atoms with Gasteiger partial charge in [-0.1, -0.05) is 5.21 Å². The molecule has 116 valence electrons. The van der Waals surface area contributed by atoms with E-state index in [2.05, 4.69) is 22.1 Å². The monoisotopic (exact) mass is 293 g/mol. The minimum atomic E-state index is 0.170. The third kappa shape index (κ3) is 3.08. The maximum atomic E-state index is 12.5. The van der Waals surface area contributed by atoms with Gasteiger partial charge in [0.05, 0.1) is 31.5 Å². The molecule has 1 amide bonds. The summed E-state index contributed by atoms with van der Waals surface area (Å²) in [4.78, 5) is 17.0. The van der Waals surface area contributed by atoms with Gasteiger partial charge < -0.3 is 9.64 Å². The van der Waals surface area contributed by atoms with Gasteiger partial charge in [0, 0.05) is 38.8 Å². The second-order valence-corrected chi connectivity index (χ2v) is 5.96. The van der Waals surface area contributed by atoms with Crippen molar-refractivity contribution in [3.8, 4) is 0 Å². The lowest BCUT2D eigenvalue weighted by molar-refractivity contribution is -0.131. The van der Waals surface area contributed by atoms with Crippen molar-refractivity contribution in [3.05, 3.63) is 11.9 Å². The van der Waals surface area contributed by atoms with Gasteiger partial charge in [-0.25, -0.2) is 0 Å². The van der Waals surface area contributed by atoms with Gasteiger partial charge in [-0.05, 0) is 13.3 Å². The molecule has 2 aliphatic rings. The van der Waals surface area contributed by atoms with Crippen LogP contribution in [0.5, 0.6) is 0 Å². The summed E-state index contributed by atoms with van der Waals surface area (Å²) in [5, 5.41) is 7.71. The highest BCUT2D eigenvalue weighted by Crippen LogP contribution is 2.23. The van der Waals surface area contributed by atoms with Gasteiger partial charge in [-0.2, -0.15) is 0 Å². The summed E-state index contributed by atoms with van der Waals surface area (Å²) < 4.78 is 7.07. The molecule has 21 heavy (non-hydrogen) atoms. The molecule has 7 nitrogen and oxygen atoms in total. The molecule has 2 unspecified atom stereocenters. The fourth-order valence-corrected chi connectivity index (χ4v) is 3.28. The smallest absolute Gasteiger partial charge is 0.228 e. The average Bonchev–Trinajstić information content (AvgIpc) is 3.06. The van der Waals surface area contributed by atoms with Crippen molar-refractivity contribution in [2.24, 2.45) is 7.05 Å². The molecule has 3 heterocycles. The Morgan fingerprint density at radius 3 is 2.86 bits per heavy atom. The van der Waals surface area contributed by atoms with Crippen LogP contribution < -0.4 is 0 Å². The zero-order chi connectivity index (χ0) is 14.8. The summed E-state index contributed by atoms with van der Waals surface area (Å²) in [5.74, 6) is 0.170. The number of morpholine rings is 1. The van der Waals surface area contributed by atoms with Gasteiger partial charge >= 0.3 is 0 Å². The third-order valence-electron chi connectivity index (χ3n) is 4.58. The molecule has 2 fully saturated rings. The fraction of sp³-hybridized carbons (Fsp3) is 0.786. The molecule has 0 saturated carbocycles. The van der Waals surface area contributed by atoms with E-state index in [1.165, 1.54) is 0 Å². The summed E-state index contributed by atoms with van der Waals surface area (Å²) in [6.07, 6.45) is 3.09. The highest BCUT2D eigenvalue weighted by Gasteiger charge is 2.36. The van der Waals surface area contributed by atoms with E-state index in [9.17, 15) is 4.79 Å². The molecule has 3 rings (SSSR count). The number of nitrogens with zero attached hydrogens (tertiary/aromatic N) is 5. The number of carbonyl (C=O) groups excluding carboxylic acids is 1. The predicted octanol–water partition coefficient (Wildman–Crippen LogP) is -0.321. The Kier molecular flexibility index (Phi) is 4.21. The molecule has 7 heteroatoms. The first-order valence-electron chi connectivity index (χ1n) is 7.60. The number of hydrogen-bond acceptors (Lipinski definition) is 5. The van der Waals surface area contributed by atoms with Crippen LogP contribution in [0.3, 0.4) is 0 Å². The van der Waals surface area contributed by atoms with E-state index in [1.54, 1.807) is 10.9 Å². The van der Waals surface area contributed by atoms with Gasteiger partial charge in [0.25, 0.3) is 0 Å². The number of amides is 1. The average molecular weight is 293 g/mol. The fourth-order valence-electron chi connectivity index (χ4n) is 3.28. The number of carbonyl (C=O) groups is 1. The van der Waals surface area contributed by atoms with Crippen molar-refractivity contribution in [3.63, 3.8) is 0 Å². The Hall–Kier alpha value is -1.47. The molecular formula is C14H23N5O2. The van der Waals surface area contributed by atoms with Crippen LogP contribution >= 0.6 is 0 Å². The molecular weight excluding hydrogens is 270 g/mol. The van der Waals surface area contributed by atoms with Crippen molar-refractivity contribution in [1.82, 2.24) is 24.8 Å². The second kappa shape index (κ2) is 6.11. The Balaban J connectivity index is 1.60. The van der Waals surface area contributed by atoms with Gasteiger partial charge in [0.15, 0.2) is 0 Å². The summed E-state index contributed by atoms with van der Waals surface area (Å²) in [5.41, 5.74) is 0.863. The molecule has 0 aromatic carbocycles. The molecule has 0 spiro atoms. The Bertz CT molecular complexity index is 497. The minimum absolute atomic E-state index is 0.170. The van der Waals surface area contributed by atoms with Crippen LogP contribution in [-0.4, -0.2) is 75.6 Å². The van der Waals surface area contributed by atoms with Crippen LogP contribution in [0.25, 0.3) is 0 Å². The number of aromatic nitrogens is 3. The Morgan fingerprint density at radius 2 is 2.19 bits per heavy atom. The van der Waals surface area contributed by atoms with E-state index in [0.717, 1.165) is 45.0 Å². The van der Waals surface area contributed by atoms with Gasteiger partial charge in [0.1, 0.15) is 0 Å². The topological polar surface area (TPSA) is 63.5 Å². The zero-order valence-corrected chi connectivity index (χ0v) is 12.7. The zero-order valence-electron chi connectivity index (χ0n) is 12.7. The first-order valence-corrected chi connectivity index (χ1v) is 7.60. The van der Waals surface area contributed by atoms with E-state index in [1.807, 2.05) is 11.9 Å². The lowest BCUT2D eigenvalue weighted by Crippen LogP contribution is -2.45. The summed E-state index contributed by atoms with van der Waals surface area (Å²) in [6.45, 7) is 6.53. The maximum absolute atomic E-state index is 12.5. The van der Waals surface area contributed by atoms with Crippen LogP contribution in [0.2, 0.25) is 0 Å². The molecule has 1 aromatic rings. The minimum Gasteiger partial charge on any atom is -0.379 e. The highest BCUT2D eigenvalue weighted by atomic mass is 16.5. The normalized spacial score (nSPS) is 27.2.